The maximum atomic E-state index is 13.3. The van der Waals surface area contributed by atoms with Gasteiger partial charge in [-0.15, -0.1) is 0 Å². The number of carbonyl (C=O) groups excluding carboxylic acids is 2. The van der Waals surface area contributed by atoms with Crippen LogP contribution in [0.2, 0.25) is 5.02 Å². The molecule has 0 bridgehead atoms. The minimum Gasteiger partial charge on any atom is -0.461 e. The summed E-state index contributed by atoms with van der Waals surface area (Å²) in [6.45, 7) is 0.251. The van der Waals surface area contributed by atoms with Crippen molar-refractivity contribution in [1.29, 1.82) is 0 Å². The first-order chi connectivity index (χ1) is 20.8. The number of alkyl halides is 2. The highest BCUT2D eigenvalue weighted by Gasteiger charge is 2.28. The van der Waals surface area contributed by atoms with Crippen LogP contribution in [0.15, 0.2) is 49.1 Å². The van der Waals surface area contributed by atoms with Crippen molar-refractivity contribution in [2.45, 2.75) is 38.6 Å². The molecule has 2 fully saturated rings. The zero-order chi connectivity index (χ0) is 29.9. The van der Waals surface area contributed by atoms with Crippen molar-refractivity contribution in [3.8, 4) is 17.0 Å². The number of halogens is 3. The fourth-order valence-electron chi connectivity index (χ4n) is 5.33. The summed E-state index contributed by atoms with van der Waals surface area (Å²) < 4.78 is 39.7. The molecular formula is C28H29ClF2N8O4. The number of piperazine rings is 1. The molecule has 1 aromatic carbocycles. The number of hydrogen-bond acceptors (Lipinski definition) is 9. The third kappa shape index (κ3) is 6.70. The van der Waals surface area contributed by atoms with Gasteiger partial charge in [-0.3, -0.25) is 19.2 Å². The van der Waals surface area contributed by atoms with Gasteiger partial charge in [0.1, 0.15) is 24.1 Å². The number of carbonyl (C=O) groups is 2. The van der Waals surface area contributed by atoms with Crippen LogP contribution in [0.4, 0.5) is 14.5 Å². The van der Waals surface area contributed by atoms with Gasteiger partial charge in [-0.2, -0.15) is 19.0 Å². The molecule has 2 aliphatic heterocycles. The van der Waals surface area contributed by atoms with E-state index in [1.54, 1.807) is 40.3 Å². The number of benzene rings is 1. The van der Waals surface area contributed by atoms with Crippen LogP contribution in [0.1, 0.15) is 18.4 Å². The average molecular weight is 615 g/mol. The second-order valence-corrected chi connectivity index (χ2v) is 10.8. The Hall–Kier alpha value is -4.30. The zero-order valence-corrected chi connectivity index (χ0v) is 23.8. The van der Waals surface area contributed by atoms with Crippen molar-refractivity contribution in [2.75, 3.05) is 38.0 Å². The molecule has 1 atom stereocenters. The molecule has 3 aromatic heterocycles. The summed E-state index contributed by atoms with van der Waals surface area (Å²) in [6, 6.07) is 6.08. The van der Waals surface area contributed by atoms with Gasteiger partial charge >= 0.3 is 12.6 Å². The zero-order valence-electron chi connectivity index (χ0n) is 23.0. The van der Waals surface area contributed by atoms with Crippen LogP contribution >= 0.6 is 11.6 Å². The lowest BCUT2D eigenvalue weighted by molar-refractivity contribution is -0.142. The molecule has 1 N–H and O–H groups in total. The Morgan fingerprint density at radius 3 is 2.84 bits per heavy atom. The molecule has 226 valence electrons. The Morgan fingerprint density at radius 1 is 1.23 bits per heavy atom. The van der Waals surface area contributed by atoms with Crippen molar-refractivity contribution in [2.24, 2.45) is 0 Å². The molecule has 0 saturated carbocycles. The predicted molar refractivity (Wildman–Crippen MR) is 152 cm³/mol. The molecule has 2 aliphatic rings. The third-order valence-corrected chi connectivity index (χ3v) is 7.68. The lowest BCUT2D eigenvalue weighted by Gasteiger charge is -2.35. The van der Waals surface area contributed by atoms with E-state index in [1.165, 1.54) is 22.9 Å². The van der Waals surface area contributed by atoms with Crippen molar-refractivity contribution in [3.63, 3.8) is 0 Å². The van der Waals surface area contributed by atoms with Gasteiger partial charge in [0.15, 0.2) is 5.65 Å². The van der Waals surface area contributed by atoms with Crippen LogP contribution in [-0.4, -0.2) is 91.5 Å². The largest absolute Gasteiger partial charge is 0.461 e. The molecule has 43 heavy (non-hydrogen) atoms. The smallest absolute Gasteiger partial charge is 0.387 e. The standard InChI is InChI=1S/C28H29ClF2N8O4/c29-19-2-4-23(43-28(30)31)21(12-19)26-22(33-13-18-14-34-39-7-1-6-32-27(18)39)16-38(35-26)17-24(40)37-10-8-36(9-11-37)15-20-3-5-25(41)42-20/h1-2,4,6-7,12,14,16,20,28,33H,3,5,8-11,13,15,17H2. The first-order valence-electron chi connectivity index (χ1n) is 13.9. The highest BCUT2D eigenvalue weighted by molar-refractivity contribution is 6.31. The van der Waals surface area contributed by atoms with E-state index in [0.29, 0.717) is 67.7 Å². The van der Waals surface area contributed by atoms with E-state index in [-0.39, 0.29) is 35.8 Å². The SMILES string of the molecule is O=C1CCC(CN2CCN(C(=O)Cn3cc(NCc4cnn5cccnc45)c(-c4cc(Cl)ccc4OC(F)F)n3)CC2)O1. The first kappa shape index (κ1) is 28.8. The van der Waals surface area contributed by atoms with E-state index in [9.17, 15) is 18.4 Å². The molecule has 0 radical (unpaired) electrons. The second kappa shape index (κ2) is 12.5. The van der Waals surface area contributed by atoms with Gasteiger partial charge in [-0.1, -0.05) is 11.6 Å². The number of esters is 1. The Kier molecular flexibility index (Phi) is 8.38. The topological polar surface area (TPSA) is 119 Å². The molecule has 15 heteroatoms. The fraction of sp³-hybridized carbons (Fsp3) is 0.393. The van der Waals surface area contributed by atoms with Gasteiger partial charge in [0.05, 0.1) is 11.9 Å². The number of amides is 1. The summed E-state index contributed by atoms with van der Waals surface area (Å²) in [5, 5.41) is 12.5. The molecule has 1 amide bonds. The maximum absolute atomic E-state index is 13.3. The van der Waals surface area contributed by atoms with E-state index in [2.05, 4.69) is 25.4 Å². The van der Waals surface area contributed by atoms with Crippen LogP contribution in [0.3, 0.4) is 0 Å². The number of ether oxygens (including phenoxy) is 2. The molecule has 6 rings (SSSR count). The number of fused-ring (bicyclic) bond motifs is 1. The minimum absolute atomic E-state index is 0.0568. The van der Waals surface area contributed by atoms with Gasteiger partial charge in [-0.25, -0.2) is 9.50 Å². The van der Waals surface area contributed by atoms with Gasteiger partial charge in [0.25, 0.3) is 0 Å². The van der Waals surface area contributed by atoms with Crippen LogP contribution in [0.5, 0.6) is 5.75 Å². The Labute approximate surface area is 250 Å². The number of nitrogens with zero attached hydrogens (tertiary/aromatic N) is 7. The average Bonchev–Trinajstić information content (AvgIpc) is 3.71. The molecular weight excluding hydrogens is 586 g/mol. The van der Waals surface area contributed by atoms with E-state index in [4.69, 9.17) is 21.1 Å². The molecule has 4 aromatic rings. The number of hydrogen-bond donors (Lipinski definition) is 1. The van der Waals surface area contributed by atoms with Crippen LogP contribution in [-0.2, 0) is 27.4 Å². The molecule has 5 heterocycles. The summed E-state index contributed by atoms with van der Waals surface area (Å²) in [4.78, 5) is 33.0. The lowest BCUT2D eigenvalue weighted by atomic mass is 10.1. The van der Waals surface area contributed by atoms with Gasteiger partial charge in [0.2, 0.25) is 5.91 Å². The van der Waals surface area contributed by atoms with Gasteiger partial charge in [-0.05, 0) is 30.7 Å². The van der Waals surface area contributed by atoms with E-state index >= 15 is 0 Å². The number of aromatic nitrogens is 5. The highest BCUT2D eigenvalue weighted by Crippen LogP contribution is 2.37. The molecule has 0 aliphatic carbocycles. The van der Waals surface area contributed by atoms with Crippen molar-refractivity contribution in [1.82, 2.24) is 34.2 Å². The quantitative estimate of drug-likeness (QED) is 0.268. The highest BCUT2D eigenvalue weighted by atomic mass is 35.5. The van der Waals surface area contributed by atoms with Crippen molar-refractivity contribution < 1.29 is 27.8 Å². The summed E-state index contributed by atoms with van der Waals surface area (Å²) in [5.74, 6) is -0.387. The molecule has 12 nitrogen and oxygen atoms in total. The van der Waals surface area contributed by atoms with Crippen molar-refractivity contribution in [3.05, 3.63) is 59.6 Å². The first-order valence-corrected chi connectivity index (χ1v) is 14.2. The maximum Gasteiger partial charge on any atom is 0.387 e. The van der Waals surface area contributed by atoms with E-state index in [1.807, 2.05) is 0 Å². The Balaban J connectivity index is 1.19. The summed E-state index contributed by atoms with van der Waals surface area (Å²) in [5.41, 5.74) is 2.50. The second-order valence-electron chi connectivity index (χ2n) is 10.4. The summed E-state index contributed by atoms with van der Waals surface area (Å²) >= 11 is 6.24. The Morgan fingerprint density at radius 2 is 2.07 bits per heavy atom. The normalized spacial score (nSPS) is 17.5. The van der Waals surface area contributed by atoms with Crippen LogP contribution in [0, 0.1) is 0 Å². The number of anilines is 1. The number of rotatable bonds is 10. The molecule has 2 saturated heterocycles. The van der Waals surface area contributed by atoms with E-state index in [0.717, 1.165) is 12.0 Å². The van der Waals surface area contributed by atoms with E-state index < -0.39 is 6.61 Å². The lowest BCUT2D eigenvalue weighted by Crippen LogP contribution is -2.51. The minimum atomic E-state index is -3.05. The Bertz CT molecular complexity index is 1620. The molecule has 1 unspecified atom stereocenters. The predicted octanol–water partition coefficient (Wildman–Crippen LogP) is 3.31. The summed E-state index contributed by atoms with van der Waals surface area (Å²) in [6.07, 6.45) is 7.87. The van der Waals surface area contributed by atoms with Crippen molar-refractivity contribution >= 4 is 34.8 Å². The number of cyclic esters (lactones) is 1. The van der Waals surface area contributed by atoms with Gasteiger partial charge < -0.3 is 19.7 Å². The van der Waals surface area contributed by atoms with Crippen LogP contribution < -0.4 is 10.1 Å². The third-order valence-electron chi connectivity index (χ3n) is 7.45. The van der Waals surface area contributed by atoms with Crippen LogP contribution in [0.25, 0.3) is 16.9 Å². The van der Waals surface area contributed by atoms with Gasteiger partial charge in [0, 0.05) is 80.4 Å². The fourth-order valence-corrected chi connectivity index (χ4v) is 5.50. The summed E-state index contributed by atoms with van der Waals surface area (Å²) in [7, 11) is 0. The number of nitrogens with one attached hydrogen (secondary N) is 1. The monoisotopic (exact) mass is 614 g/mol. The molecule has 0 spiro atoms.